The van der Waals surface area contributed by atoms with Crippen molar-refractivity contribution in [1.29, 1.82) is 0 Å². The SMILES string of the molecule is O=S(=O)(Nc1ccc2ccccc2c1)c1ccc(I)cc1. The minimum atomic E-state index is -3.55. The van der Waals surface area contributed by atoms with Crippen molar-refractivity contribution in [2.75, 3.05) is 4.72 Å². The van der Waals surface area contributed by atoms with E-state index in [0.717, 1.165) is 14.3 Å². The maximum absolute atomic E-state index is 12.3. The van der Waals surface area contributed by atoms with Gasteiger partial charge in [-0.05, 0) is 69.8 Å². The van der Waals surface area contributed by atoms with E-state index in [4.69, 9.17) is 0 Å². The summed E-state index contributed by atoms with van der Waals surface area (Å²) in [5.74, 6) is 0. The molecule has 106 valence electrons. The average molecular weight is 409 g/mol. The van der Waals surface area contributed by atoms with Gasteiger partial charge in [-0.25, -0.2) is 8.42 Å². The summed E-state index contributed by atoms with van der Waals surface area (Å²) < 4.78 is 28.3. The van der Waals surface area contributed by atoms with E-state index in [1.54, 1.807) is 30.3 Å². The standard InChI is InChI=1S/C16H12INO2S/c17-14-6-9-16(10-7-14)21(19,20)18-15-8-5-12-3-1-2-4-13(12)11-15/h1-11,18H. The topological polar surface area (TPSA) is 46.2 Å². The zero-order valence-electron chi connectivity index (χ0n) is 11.0. The molecule has 21 heavy (non-hydrogen) atoms. The van der Waals surface area contributed by atoms with E-state index in [1.165, 1.54) is 0 Å². The normalized spacial score (nSPS) is 11.5. The fourth-order valence-corrected chi connectivity index (χ4v) is 3.49. The molecule has 3 rings (SSSR count). The Kier molecular flexibility index (Phi) is 3.86. The third-order valence-electron chi connectivity index (χ3n) is 3.13. The largest absolute Gasteiger partial charge is 0.280 e. The highest BCUT2D eigenvalue weighted by Crippen LogP contribution is 2.22. The van der Waals surface area contributed by atoms with Crippen LogP contribution in [-0.2, 0) is 10.0 Å². The summed E-state index contributed by atoms with van der Waals surface area (Å²) in [6.45, 7) is 0. The van der Waals surface area contributed by atoms with Gasteiger partial charge < -0.3 is 0 Å². The Morgan fingerprint density at radius 3 is 2.19 bits per heavy atom. The number of hydrogen-bond donors (Lipinski definition) is 1. The van der Waals surface area contributed by atoms with Crippen molar-refractivity contribution >= 4 is 49.1 Å². The molecule has 0 aliphatic carbocycles. The minimum Gasteiger partial charge on any atom is -0.280 e. The Balaban J connectivity index is 1.95. The summed E-state index contributed by atoms with van der Waals surface area (Å²) in [4.78, 5) is 0.260. The lowest BCUT2D eigenvalue weighted by atomic mass is 10.1. The molecule has 0 aliphatic rings. The van der Waals surface area contributed by atoms with Crippen molar-refractivity contribution in [3.8, 4) is 0 Å². The van der Waals surface area contributed by atoms with Crippen molar-refractivity contribution in [3.63, 3.8) is 0 Å². The predicted molar refractivity (Wildman–Crippen MR) is 93.9 cm³/mol. The van der Waals surface area contributed by atoms with Crippen molar-refractivity contribution in [2.24, 2.45) is 0 Å². The number of halogens is 1. The summed E-state index contributed by atoms with van der Waals surface area (Å²) in [5, 5.41) is 2.08. The van der Waals surface area contributed by atoms with Gasteiger partial charge in [0, 0.05) is 9.26 Å². The van der Waals surface area contributed by atoms with Gasteiger partial charge in [-0.1, -0.05) is 30.3 Å². The number of hydrogen-bond acceptors (Lipinski definition) is 2. The second-order valence-corrected chi connectivity index (χ2v) is 7.55. The van der Waals surface area contributed by atoms with Gasteiger partial charge in [0.05, 0.1) is 4.90 Å². The van der Waals surface area contributed by atoms with Crippen LogP contribution in [0.3, 0.4) is 0 Å². The molecule has 0 atom stereocenters. The fourth-order valence-electron chi connectivity index (χ4n) is 2.08. The van der Waals surface area contributed by atoms with Crippen LogP contribution in [0.15, 0.2) is 71.6 Å². The number of benzene rings is 3. The summed E-state index contributed by atoms with van der Waals surface area (Å²) in [6, 6.07) is 20.1. The summed E-state index contributed by atoms with van der Waals surface area (Å²) in [6.07, 6.45) is 0. The van der Waals surface area contributed by atoms with E-state index in [1.807, 2.05) is 36.4 Å². The van der Waals surface area contributed by atoms with Crippen LogP contribution in [0.25, 0.3) is 10.8 Å². The van der Waals surface area contributed by atoms with Gasteiger partial charge in [0.1, 0.15) is 0 Å². The molecule has 0 radical (unpaired) electrons. The monoisotopic (exact) mass is 409 g/mol. The zero-order valence-corrected chi connectivity index (χ0v) is 13.9. The van der Waals surface area contributed by atoms with Crippen LogP contribution in [0, 0.1) is 3.57 Å². The van der Waals surface area contributed by atoms with Crippen LogP contribution in [0.1, 0.15) is 0 Å². The molecule has 0 fully saturated rings. The van der Waals surface area contributed by atoms with Crippen LogP contribution in [0.2, 0.25) is 0 Å². The van der Waals surface area contributed by atoms with E-state index < -0.39 is 10.0 Å². The van der Waals surface area contributed by atoms with Gasteiger partial charge in [-0.3, -0.25) is 4.72 Å². The Morgan fingerprint density at radius 1 is 0.810 bits per heavy atom. The Morgan fingerprint density at radius 2 is 1.48 bits per heavy atom. The second-order valence-electron chi connectivity index (χ2n) is 4.62. The van der Waals surface area contributed by atoms with Crippen molar-refractivity contribution in [1.82, 2.24) is 0 Å². The van der Waals surface area contributed by atoms with Gasteiger partial charge in [0.25, 0.3) is 10.0 Å². The van der Waals surface area contributed by atoms with E-state index in [2.05, 4.69) is 27.3 Å². The molecule has 0 saturated carbocycles. The molecule has 0 heterocycles. The minimum absolute atomic E-state index is 0.260. The fraction of sp³-hybridized carbons (Fsp3) is 0. The molecule has 0 bridgehead atoms. The summed E-state index contributed by atoms with van der Waals surface area (Å²) >= 11 is 2.14. The lowest BCUT2D eigenvalue weighted by Gasteiger charge is -2.09. The molecule has 3 aromatic rings. The molecule has 5 heteroatoms. The van der Waals surface area contributed by atoms with Crippen LogP contribution in [-0.4, -0.2) is 8.42 Å². The quantitative estimate of drug-likeness (QED) is 0.658. The summed E-state index contributed by atoms with van der Waals surface area (Å²) in [5.41, 5.74) is 0.562. The zero-order chi connectivity index (χ0) is 14.9. The highest BCUT2D eigenvalue weighted by Gasteiger charge is 2.13. The van der Waals surface area contributed by atoms with Gasteiger partial charge in [0.2, 0.25) is 0 Å². The smallest absolute Gasteiger partial charge is 0.261 e. The number of sulfonamides is 1. The van der Waals surface area contributed by atoms with Gasteiger partial charge >= 0.3 is 0 Å². The van der Waals surface area contributed by atoms with Gasteiger partial charge in [0.15, 0.2) is 0 Å². The van der Waals surface area contributed by atoms with Crippen molar-refractivity contribution in [2.45, 2.75) is 4.90 Å². The van der Waals surface area contributed by atoms with Crippen LogP contribution in [0.4, 0.5) is 5.69 Å². The van der Waals surface area contributed by atoms with Gasteiger partial charge in [-0.15, -0.1) is 0 Å². The van der Waals surface area contributed by atoms with E-state index >= 15 is 0 Å². The molecule has 0 aromatic heterocycles. The second kappa shape index (κ2) is 5.65. The first-order valence-electron chi connectivity index (χ1n) is 6.32. The third kappa shape index (κ3) is 3.19. The maximum Gasteiger partial charge on any atom is 0.261 e. The lowest BCUT2D eigenvalue weighted by Crippen LogP contribution is -2.12. The Hall–Kier alpha value is -1.60. The lowest BCUT2D eigenvalue weighted by molar-refractivity contribution is 0.601. The van der Waals surface area contributed by atoms with Crippen LogP contribution < -0.4 is 4.72 Å². The molecule has 1 N–H and O–H groups in total. The average Bonchev–Trinajstić information content (AvgIpc) is 2.47. The first-order chi connectivity index (χ1) is 10.0. The Labute approximate surface area is 137 Å². The first-order valence-corrected chi connectivity index (χ1v) is 8.88. The molecule has 0 aliphatic heterocycles. The number of fused-ring (bicyclic) bond motifs is 1. The van der Waals surface area contributed by atoms with E-state index in [0.29, 0.717) is 5.69 Å². The molecule has 0 saturated heterocycles. The third-order valence-corrected chi connectivity index (χ3v) is 5.24. The number of nitrogens with one attached hydrogen (secondary N) is 1. The number of anilines is 1. The molecule has 0 unspecified atom stereocenters. The van der Waals surface area contributed by atoms with Gasteiger partial charge in [-0.2, -0.15) is 0 Å². The molecule has 0 spiro atoms. The molecule has 0 amide bonds. The molecule has 3 aromatic carbocycles. The molecular weight excluding hydrogens is 397 g/mol. The molecular formula is C16H12INO2S. The Bertz CT molecular complexity index is 890. The van der Waals surface area contributed by atoms with Crippen LogP contribution >= 0.6 is 22.6 Å². The molecule has 3 nitrogen and oxygen atoms in total. The summed E-state index contributed by atoms with van der Waals surface area (Å²) in [7, 11) is -3.55. The van der Waals surface area contributed by atoms with E-state index in [9.17, 15) is 8.42 Å². The van der Waals surface area contributed by atoms with Crippen molar-refractivity contribution in [3.05, 3.63) is 70.3 Å². The van der Waals surface area contributed by atoms with Crippen LogP contribution in [0.5, 0.6) is 0 Å². The van der Waals surface area contributed by atoms with E-state index in [-0.39, 0.29) is 4.90 Å². The first kappa shape index (κ1) is 14.3. The number of rotatable bonds is 3. The maximum atomic E-state index is 12.3. The van der Waals surface area contributed by atoms with Crippen molar-refractivity contribution < 1.29 is 8.42 Å². The predicted octanol–water partition coefficient (Wildman–Crippen LogP) is 4.25. The highest BCUT2D eigenvalue weighted by molar-refractivity contribution is 14.1. The highest BCUT2D eigenvalue weighted by atomic mass is 127.